The largest absolute Gasteiger partial charge is 0.494 e. The van der Waals surface area contributed by atoms with E-state index >= 15 is 0 Å². The summed E-state index contributed by atoms with van der Waals surface area (Å²) in [6, 6.07) is 21.1. The van der Waals surface area contributed by atoms with Gasteiger partial charge in [-0.05, 0) is 84.0 Å². The van der Waals surface area contributed by atoms with Crippen molar-refractivity contribution in [2.75, 3.05) is 32.8 Å². The number of ether oxygens (including phenoxy) is 3. The fourth-order valence-electron chi connectivity index (χ4n) is 6.09. The Morgan fingerprint density at radius 2 is 1.70 bits per heavy atom. The molecule has 1 fully saturated rings. The van der Waals surface area contributed by atoms with Gasteiger partial charge < -0.3 is 34.4 Å². The number of nitrogens with zero attached hydrogens (tertiary/aromatic N) is 3. The number of piperidine rings is 1. The number of aromatic nitrogens is 2. The minimum absolute atomic E-state index is 0.0557. The van der Waals surface area contributed by atoms with Crippen molar-refractivity contribution in [3.05, 3.63) is 99.5 Å². The van der Waals surface area contributed by atoms with Gasteiger partial charge >= 0.3 is 5.97 Å². The molecule has 0 spiro atoms. The third-order valence-electron chi connectivity index (χ3n) is 9.15. The van der Waals surface area contributed by atoms with Crippen LogP contribution in [0, 0.1) is 0 Å². The summed E-state index contributed by atoms with van der Waals surface area (Å²) in [4.78, 5) is 13.9. The van der Waals surface area contributed by atoms with E-state index in [1.807, 2.05) is 48.5 Å². The molecule has 4 N–H and O–H groups in total. The summed E-state index contributed by atoms with van der Waals surface area (Å²) in [6.45, 7) is 3.25. The van der Waals surface area contributed by atoms with Crippen molar-refractivity contribution in [1.29, 1.82) is 0 Å². The van der Waals surface area contributed by atoms with E-state index in [0.29, 0.717) is 39.7 Å². The Morgan fingerprint density at radius 3 is 2.51 bits per heavy atom. The number of fused-ring (bicyclic) bond motifs is 1. The van der Waals surface area contributed by atoms with Gasteiger partial charge in [-0.2, -0.15) is 0 Å². The second-order valence-electron chi connectivity index (χ2n) is 12.9. The second kappa shape index (κ2) is 18.6. The van der Waals surface area contributed by atoms with Gasteiger partial charge in [-0.25, -0.2) is 4.63 Å². The molecule has 5 aromatic rings. The van der Waals surface area contributed by atoms with E-state index in [1.54, 1.807) is 24.3 Å². The predicted molar refractivity (Wildman–Crippen MR) is 201 cm³/mol. The molecule has 53 heavy (non-hydrogen) atoms. The average molecular weight is 766 g/mol. The van der Waals surface area contributed by atoms with Crippen LogP contribution in [0.1, 0.15) is 42.4 Å². The molecule has 0 radical (unpaired) electrons. The summed E-state index contributed by atoms with van der Waals surface area (Å²) >= 11 is 13.6. The number of aliphatic carboxylic acids is 1. The summed E-state index contributed by atoms with van der Waals surface area (Å²) < 4.78 is 23.3. The minimum Gasteiger partial charge on any atom is -0.494 e. The molecule has 1 aliphatic rings. The third-order valence-corrected chi connectivity index (χ3v) is 9.89. The van der Waals surface area contributed by atoms with Crippen LogP contribution in [0.15, 0.2) is 77.4 Å². The summed E-state index contributed by atoms with van der Waals surface area (Å²) in [7, 11) is 0. The maximum absolute atomic E-state index is 11.5. The molecule has 14 heteroatoms. The first kappa shape index (κ1) is 38.3. The lowest BCUT2D eigenvalue weighted by Gasteiger charge is -2.29. The van der Waals surface area contributed by atoms with Crippen LogP contribution < -0.4 is 19.5 Å². The van der Waals surface area contributed by atoms with Crippen LogP contribution in [0.4, 0.5) is 0 Å². The molecule has 4 aromatic carbocycles. The number of carbonyl (C=O) groups is 1. The summed E-state index contributed by atoms with van der Waals surface area (Å²) in [5, 5.41) is 40.0. The lowest BCUT2D eigenvalue weighted by molar-refractivity contribution is -0.140. The van der Waals surface area contributed by atoms with E-state index < -0.39 is 18.6 Å². The molecule has 1 saturated heterocycles. The smallest absolute Gasteiger partial charge is 0.323 e. The number of aliphatic hydroxyl groups is 2. The van der Waals surface area contributed by atoms with Crippen LogP contribution in [0.2, 0.25) is 10.0 Å². The zero-order chi connectivity index (χ0) is 37.2. The number of benzene rings is 4. The van der Waals surface area contributed by atoms with Crippen LogP contribution in [-0.4, -0.2) is 81.5 Å². The normalized spacial score (nSPS) is 14.3. The molecule has 6 rings (SSSR count). The van der Waals surface area contributed by atoms with Crippen LogP contribution in [0.3, 0.4) is 0 Å². The molecule has 0 bridgehead atoms. The van der Waals surface area contributed by atoms with Crippen molar-refractivity contribution in [1.82, 2.24) is 20.5 Å². The van der Waals surface area contributed by atoms with E-state index in [0.717, 1.165) is 73.3 Å². The van der Waals surface area contributed by atoms with Crippen molar-refractivity contribution in [2.45, 2.75) is 57.6 Å². The molecule has 0 aliphatic carbocycles. The molecule has 1 aromatic heterocycles. The monoisotopic (exact) mass is 764 g/mol. The van der Waals surface area contributed by atoms with Gasteiger partial charge in [0.25, 0.3) is 0 Å². The molecule has 0 amide bonds. The minimum atomic E-state index is -1.18. The Balaban J connectivity index is 1.11. The highest BCUT2D eigenvalue weighted by Crippen LogP contribution is 2.37. The van der Waals surface area contributed by atoms with Crippen LogP contribution in [0.5, 0.6) is 17.2 Å². The Kier molecular flexibility index (Phi) is 13.4. The van der Waals surface area contributed by atoms with Gasteiger partial charge in [-0.3, -0.25) is 10.1 Å². The van der Waals surface area contributed by atoms with E-state index in [2.05, 4.69) is 20.5 Å². The van der Waals surface area contributed by atoms with E-state index in [9.17, 15) is 20.1 Å². The average Bonchev–Trinajstić information content (AvgIpc) is 3.63. The van der Waals surface area contributed by atoms with Gasteiger partial charge in [-0.15, -0.1) is 0 Å². The van der Waals surface area contributed by atoms with Crippen molar-refractivity contribution in [3.63, 3.8) is 0 Å². The molecule has 1 atom stereocenters. The van der Waals surface area contributed by atoms with E-state index in [-0.39, 0.29) is 30.9 Å². The number of nitrogens with one attached hydrogen (secondary N) is 1. The van der Waals surface area contributed by atoms with Crippen molar-refractivity contribution in [3.8, 4) is 28.4 Å². The predicted octanol–water partition coefficient (Wildman–Crippen LogP) is 6.51. The molecule has 0 saturated carbocycles. The van der Waals surface area contributed by atoms with E-state index in [1.165, 1.54) is 0 Å². The quantitative estimate of drug-likeness (QED) is 0.0719. The number of hydrogen-bond donors (Lipinski definition) is 4. The number of unbranched alkanes of at least 4 members (excludes halogenated alkanes) is 1. The van der Waals surface area contributed by atoms with Crippen LogP contribution in [0.25, 0.3) is 22.2 Å². The highest BCUT2D eigenvalue weighted by Gasteiger charge is 2.19. The Hall–Kier alpha value is -4.43. The second-order valence-corrected chi connectivity index (χ2v) is 13.7. The fraction of sp³-hybridized carbons (Fsp3) is 0.359. The van der Waals surface area contributed by atoms with Crippen LogP contribution in [-0.2, 0) is 24.6 Å². The molecule has 12 nitrogen and oxygen atoms in total. The third kappa shape index (κ3) is 10.4. The van der Waals surface area contributed by atoms with Gasteiger partial charge in [0.1, 0.15) is 47.5 Å². The maximum Gasteiger partial charge on any atom is 0.323 e. The van der Waals surface area contributed by atoms with E-state index in [4.69, 9.17) is 42.0 Å². The van der Waals surface area contributed by atoms with Gasteiger partial charge in [0, 0.05) is 42.4 Å². The maximum atomic E-state index is 11.5. The number of halogens is 2. The SMILES string of the molecule is O=C(O)C(CO)NCc1cc(Cl)c(OCc2cccc(-c3cccc(OCCCCN4CCC(O)CC4)c3)c2Cl)cc1OCc1ccc2nonc2c1. The first-order valence-electron chi connectivity index (χ1n) is 17.5. The van der Waals surface area contributed by atoms with Gasteiger partial charge in [0.05, 0.1) is 29.4 Å². The number of carboxylic acids is 1. The lowest BCUT2D eigenvalue weighted by atomic mass is 10.0. The number of rotatable bonds is 18. The molecule has 1 aliphatic heterocycles. The summed E-state index contributed by atoms with van der Waals surface area (Å²) in [5.74, 6) is 0.325. The summed E-state index contributed by atoms with van der Waals surface area (Å²) in [5.41, 5.74) is 5.05. The summed E-state index contributed by atoms with van der Waals surface area (Å²) in [6.07, 6.45) is 3.51. The van der Waals surface area contributed by atoms with Crippen molar-refractivity contribution >= 4 is 40.2 Å². The Labute approximate surface area is 317 Å². The van der Waals surface area contributed by atoms with Crippen LogP contribution >= 0.6 is 23.2 Å². The Morgan fingerprint density at radius 1 is 0.906 bits per heavy atom. The topological polar surface area (TPSA) is 160 Å². The zero-order valence-electron chi connectivity index (χ0n) is 29.0. The molecule has 280 valence electrons. The first-order valence-corrected chi connectivity index (χ1v) is 18.3. The highest BCUT2D eigenvalue weighted by atomic mass is 35.5. The number of aliphatic hydroxyl groups excluding tert-OH is 2. The molecular formula is C39H42Cl2N4O8. The number of hydrogen-bond acceptors (Lipinski definition) is 11. The number of likely N-dealkylation sites (tertiary alicyclic amines) is 1. The van der Waals surface area contributed by atoms with Crippen molar-refractivity contribution < 1.29 is 39.0 Å². The zero-order valence-corrected chi connectivity index (χ0v) is 30.6. The van der Waals surface area contributed by atoms with Crippen molar-refractivity contribution in [2.24, 2.45) is 0 Å². The Bertz CT molecular complexity index is 1980. The van der Waals surface area contributed by atoms with Gasteiger partial charge in [0.2, 0.25) is 0 Å². The fourth-order valence-corrected chi connectivity index (χ4v) is 6.62. The molecule has 2 heterocycles. The lowest BCUT2D eigenvalue weighted by Crippen LogP contribution is -2.39. The van der Waals surface area contributed by atoms with Gasteiger partial charge in [-0.1, -0.05) is 59.6 Å². The first-order chi connectivity index (χ1) is 25.8. The highest BCUT2D eigenvalue weighted by molar-refractivity contribution is 6.34. The van der Waals surface area contributed by atoms with Gasteiger partial charge in [0.15, 0.2) is 0 Å². The number of carboxylic acid groups (broad SMARTS) is 1. The standard InChI is InChI=1S/C39H42Cl2N4O8/c40-32-19-28(21-42-35(22-46)39(48)49)36(51-23-25-9-10-33-34(17-25)44-53-43-33)20-37(32)52-24-27-6-4-8-31(38(27)41)26-5-3-7-30(18-26)50-16-2-1-13-45-14-11-29(47)12-15-45/h3-10,17-20,29,35,42,46-47H,1-2,11-16,21-24H2,(H,48,49). The molecular weight excluding hydrogens is 723 g/mol. The molecule has 1 unspecified atom stereocenters.